The summed E-state index contributed by atoms with van der Waals surface area (Å²) in [6.45, 7) is 10.1. The van der Waals surface area contributed by atoms with Gasteiger partial charge < -0.3 is 10.1 Å². The van der Waals surface area contributed by atoms with Gasteiger partial charge in [0.2, 0.25) is 0 Å². The predicted molar refractivity (Wildman–Crippen MR) is 69.7 cm³/mol. The highest BCUT2D eigenvalue weighted by atomic mass is 16.5. The summed E-state index contributed by atoms with van der Waals surface area (Å²) in [6, 6.07) is 0.726. The third-order valence-corrected chi connectivity index (χ3v) is 4.12. The van der Waals surface area contributed by atoms with Crippen LogP contribution in [0, 0.1) is 11.8 Å². The molecule has 16 heavy (non-hydrogen) atoms. The Bertz CT molecular complexity index is 203. The SMILES string of the molecule is COC(C)(C)CCNC1CCC(C)CC1C. The lowest BCUT2D eigenvalue weighted by atomic mass is 9.80. The molecule has 1 aliphatic rings. The number of methoxy groups -OCH3 is 1. The molecule has 0 aromatic rings. The minimum Gasteiger partial charge on any atom is -0.379 e. The Labute approximate surface area is 101 Å². The minimum absolute atomic E-state index is 0.0121. The minimum atomic E-state index is 0.0121. The smallest absolute Gasteiger partial charge is 0.0634 e. The Morgan fingerprint density at radius 3 is 2.50 bits per heavy atom. The Morgan fingerprint density at radius 2 is 1.94 bits per heavy atom. The van der Waals surface area contributed by atoms with Crippen molar-refractivity contribution in [1.82, 2.24) is 5.32 Å². The normalized spacial score (nSPS) is 31.7. The molecule has 1 aliphatic carbocycles. The van der Waals surface area contributed by atoms with Crippen LogP contribution in [-0.4, -0.2) is 25.3 Å². The predicted octanol–water partition coefficient (Wildman–Crippen LogP) is 3.22. The van der Waals surface area contributed by atoms with E-state index in [0.717, 1.165) is 30.8 Å². The van der Waals surface area contributed by atoms with Crippen molar-refractivity contribution in [2.24, 2.45) is 11.8 Å². The molecule has 1 N–H and O–H groups in total. The van der Waals surface area contributed by atoms with E-state index < -0.39 is 0 Å². The molecule has 0 heterocycles. The van der Waals surface area contributed by atoms with Gasteiger partial charge in [0.15, 0.2) is 0 Å². The molecule has 3 atom stereocenters. The number of hydrogen-bond donors (Lipinski definition) is 1. The van der Waals surface area contributed by atoms with Gasteiger partial charge in [-0.1, -0.05) is 13.8 Å². The van der Waals surface area contributed by atoms with Crippen LogP contribution in [0.5, 0.6) is 0 Å². The van der Waals surface area contributed by atoms with Crippen LogP contribution < -0.4 is 5.32 Å². The zero-order valence-electron chi connectivity index (χ0n) is 11.7. The quantitative estimate of drug-likeness (QED) is 0.778. The Morgan fingerprint density at radius 1 is 1.25 bits per heavy atom. The third-order valence-electron chi connectivity index (χ3n) is 4.12. The second kappa shape index (κ2) is 6.02. The maximum Gasteiger partial charge on any atom is 0.0634 e. The van der Waals surface area contributed by atoms with Gasteiger partial charge in [-0.25, -0.2) is 0 Å². The van der Waals surface area contributed by atoms with Crippen molar-refractivity contribution in [3.05, 3.63) is 0 Å². The molecule has 0 radical (unpaired) electrons. The molecule has 0 aliphatic heterocycles. The molecule has 0 spiro atoms. The van der Waals surface area contributed by atoms with E-state index in [0.29, 0.717) is 0 Å². The molecule has 1 saturated carbocycles. The van der Waals surface area contributed by atoms with E-state index in [4.69, 9.17) is 4.74 Å². The van der Waals surface area contributed by atoms with Crippen LogP contribution in [0.1, 0.15) is 53.4 Å². The summed E-state index contributed by atoms with van der Waals surface area (Å²) in [5.74, 6) is 1.75. The van der Waals surface area contributed by atoms with Crippen molar-refractivity contribution in [1.29, 1.82) is 0 Å². The lowest BCUT2D eigenvalue weighted by Gasteiger charge is -2.34. The zero-order chi connectivity index (χ0) is 12.2. The van der Waals surface area contributed by atoms with Crippen LogP contribution in [0.25, 0.3) is 0 Å². The van der Waals surface area contributed by atoms with E-state index in [1.54, 1.807) is 7.11 Å². The first-order valence-corrected chi connectivity index (χ1v) is 6.73. The molecule has 0 aromatic carbocycles. The lowest BCUT2D eigenvalue weighted by molar-refractivity contribution is 0.0145. The summed E-state index contributed by atoms with van der Waals surface area (Å²) < 4.78 is 5.43. The summed E-state index contributed by atoms with van der Waals surface area (Å²) in [6.07, 6.45) is 5.19. The van der Waals surface area contributed by atoms with E-state index >= 15 is 0 Å². The van der Waals surface area contributed by atoms with Gasteiger partial charge in [-0.2, -0.15) is 0 Å². The van der Waals surface area contributed by atoms with E-state index in [9.17, 15) is 0 Å². The highest BCUT2D eigenvalue weighted by Gasteiger charge is 2.25. The van der Waals surface area contributed by atoms with E-state index in [1.807, 2.05) is 0 Å². The van der Waals surface area contributed by atoms with Crippen LogP contribution in [0.15, 0.2) is 0 Å². The van der Waals surface area contributed by atoms with Crippen LogP contribution in [0.3, 0.4) is 0 Å². The summed E-state index contributed by atoms with van der Waals surface area (Å²) in [4.78, 5) is 0. The third kappa shape index (κ3) is 4.42. The molecule has 0 saturated heterocycles. The van der Waals surface area contributed by atoms with Gasteiger partial charge in [0.25, 0.3) is 0 Å². The molecule has 2 nitrogen and oxygen atoms in total. The monoisotopic (exact) mass is 227 g/mol. The first-order valence-electron chi connectivity index (χ1n) is 6.73. The Hall–Kier alpha value is -0.0800. The average molecular weight is 227 g/mol. The first-order chi connectivity index (χ1) is 7.44. The molecule has 0 aromatic heterocycles. The van der Waals surface area contributed by atoms with Crippen molar-refractivity contribution in [3.63, 3.8) is 0 Å². The topological polar surface area (TPSA) is 21.3 Å². The van der Waals surface area contributed by atoms with Gasteiger partial charge in [0, 0.05) is 13.2 Å². The van der Waals surface area contributed by atoms with Gasteiger partial charge in [-0.3, -0.25) is 0 Å². The van der Waals surface area contributed by atoms with Gasteiger partial charge in [0.05, 0.1) is 5.60 Å². The molecule has 1 rings (SSSR count). The van der Waals surface area contributed by atoms with Crippen molar-refractivity contribution >= 4 is 0 Å². The molecule has 2 heteroatoms. The number of nitrogens with one attached hydrogen (secondary N) is 1. The largest absolute Gasteiger partial charge is 0.379 e. The Kier molecular flexibility index (Phi) is 5.26. The summed E-state index contributed by atoms with van der Waals surface area (Å²) >= 11 is 0. The van der Waals surface area contributed by atoms with E-state index in [1.165, 1.54) is 19.3 Å². The highest BCUT2D eigenvalue weighted by Crippen LogP contribution is 2.28. The fraction of sp³-hybridized carbons (Fsp3) is 1.00. The van der Waals surface area contributed by atoms with E-state index in [2.05, 4.69) is 33.0 Å². The van der Waals surface area contributed by atoms with E-state index in [-0.39, 0.29) is 5.60 Å². The van der Waals surface area contributed by atoms with Gasteiger partial charge >= 0.3 is 0 Å². The van der Waals surface area contributed by atoms with Crippen molar-refractivity contribution in [3.8, 4) is 0 Å². The van der Waals surface area contributed by atoms with Gasteiger partial charge in [-0.05, 0) is 57.9 Å². The standard InChI is InChI=1S/C14H29NO/c1-11-6-7-13(12(2)10-11)15-9-8-14(3,4)16-5/h11-13,15H,6-10H2,1-5H3. The second-order valence-electron chi connectivity index (χ2n) is 6.17. The molecule has 0 bridgehead atoms. The molecular weight excluding hydrogens is 198 g/mol. The average Bonchev–Trinajstić information content (AvgIpc) is 2.21. The maximum absolute atomic E-state index is 5.43. The number of ether oxygens (including phenoxy) is 1. The first kappa shape index (κ1) is 14.0. The molecule has 96 valence electrons. The fourth-order valence-corrected chi connectivity index (χ4v) is 2.63. The summed E-state index contributed by atoms with van der Waals surface area (Å²) in [7, 11) is 1.80. The second-order valence-corrected chi connectivity index (χ2v) is 6.17. The maximum atomic E-state index is 5.43. The van der Waals surface area contributed by atoms with Crippen molar-refractivity contribution in [2.75, 3.05) is 13.7 Å². The van der Waals surface area contributed by atoms with Gasteiger partial charge in [0.1, 0.15) is 0 Å². The molecule has 0 amide bonds. The van der Waals surface area contributed by atoms with Crippen LogP contribution in [0.2, 0.25) is 0 Å². The summed E-state index contributed by atoms with van der Waals surface area (Å²) in [5.41, 5.74) is 0.0121. The molecular formula is C14H29NO. The highest BCUT2D eigenvalue weighted by molar-refractivity contribution is 4.81. The number of rotatable bonds is 5. The van der Waals surface area contributed by atoms with Crippen LogP contribution >= 0.6 is 0 Å². The number of hydrogen-bond acceptors (Lipinski definition) is 2. The zero-order valence-corrected chi connectivity index (χ0v) is 11.7. The van der Waals surface area contributed by atoms with Crippen molar-refractivity contribution in [2.45, 2.75) is 65.0 Å². The van der Waals surface area contributed by atoms with Gasteiger partial charge in [-0.15, -0.1) is 0 Å². The fourth-order valence-electron chi connectivity index (χ4n) is 2.63. The lowest BCUT2D eigenvalue weighted by Crippen LogP contribution is -2.41. The van der Waals surface area contributed by atoms with Crippen LogP contribution in [0.4, 0.5) is 0 Å². The summed E-state index contributed by atoms with van der Waals surface area (Å²) in [5, 5.41) is 3.70. The molecule has 1 fully saturated rings. The molecule has 3 unspecified atom stereocenters. The van der Waals surface area contributed by atoms with Crippen molar-refractivity contribution < 1.29 is 4.74 Å². The van der Waals surface area contributed by atoms with Crippen LogP contribution in [-0.2, 0) is 4.74 Å². The Balaban J connectivity index is 2.23.